The maximum atomic E-state index is 11.7. The molecule has 2 atom stereocenters. The number of fused-ring (bicyclic) bond motifs is 1. The summed E-state index contributed by atoms with van der Waals surface area (Å²) in [5, 5.41) is 2.96. The van der Waals surface area contributed by atoms with E-state index in [0.29, 0.717) is 6.42 Å². The Balaban J connectivity index is 2.41. The second-order valence-corrected chi connectivity index (χ2v) is 6.57. The van der Waals surface area contributed by atoms with Gasteiger partial charge in [0, 0.05) is 12.3 Å². The van der Waals surface area contributed by atoms with Gasteiger partial charge in [-0.2, -0.15) is 0 Å². The summed E-state index contributed by atoms with van der Waals surface area (Å²) in [6, 6.07) is 7.93. The van der Waals surface area contributed by atoms with Gasteiger partial charge in [-0.05, 0) is 24.1 Å². The third-order valence-corrected chi connectivity index (χ3v) is 4.70. The van der Waals surface area contributed by atoms with Gasteiger partial charge in [0.15, 0.2) is 9.84 Å². The van der Waals surface area contributed by atoms with Gasteiger partial charge in [0.05, 0.1) is 5.25 Å². The Kier molecular flexibility index (Phi) is 3.04. The van der Waals surface area contributed by atoms with Gasteiger partial charge in [-0.25, -0.2) is 8.42 Å². The summed E-state index contributed by atoms with van der Waals surface area (Å²) >= 11 is 0. The summed E-state index contributed by atoms with van der Waals surface area (Å²) < 4.78 is 23.5. The topological polar surface area (TPSA) is 46.2 Å². The summed E-state index contributed by atoms with van der Waals surface area (Å²) in [6.45, 7) is 2.78. The van der Waals surface area contributed by atoms with E-state index in [1.54, 1.807) is 0 Å². The summed E-state index contributed by atoms with van der Waals surface area (Å²) in [5.74, 6) is 0. The molecule has 0 saturated carbocycles. The molecule has 3 nitrogen and oxygen atoms in total. The minimum Gasteiger partial charge on any atom is -0.309 e. The van der Waals surface area contributed by atoms with E-state index in [9.17, 15) is 8.42 Å². The zero-order valence-electron chi connectivity index (χ0n) is 9.60. The van der Waals surface area contributed by atoms with Crippen molar-refractivity contribution in [3.8, 4) is 0 Å². The van der Waals surface area contributed by atoms with Gasteiger partial charge in [0.2, 0.25) is 0 Å². The minimum atomic E-state index is -3.00. The molecule has 4 heteroatoms. The molecule has 0 fully saturated rings. The number of benzene rings is 1. The third-order valence-electron chi connectivity index (χ3n) is 3.16. The molecule has 2 rings (SSSR count). The highest BCUT2D eigenvalue weighted by atomic mass is 32.2. The van der Waals surface area contributed by atoms with E-state index in [4.69, 9.17) is 0 Å². The van der Waals surface area contributed by atoms with Crippen LogP contribution in [0, 0.1) is 0 Å². The molecule has 1 aliphatic rings. The van der Waals surface area contributed by atoms with Gasteiger partial charge in [0.25, 0.3) is 0 Å². The van der Waals surface area contributed by atoms with E-state index in [1.807, 2.05) is 31.2 Å². The van der Waals surface area contributed by atoms with Crippen LogP contribution in [-0.4, -0.2) is 26.5 Å². The summed E-state index contributed by atoms with van der Waals surface area (Å²) in [6.07, 6.45) is 1.96. The zero-order chi connectivity index (χ0) is 11.8. The quantitative estimate of drug-likeness (QED) is 0.865. The summed E-state index contributed by atoms with van der Waals surface area (Å²) in [5.41, 5.74) is 2.30. The van der Waals surface area contributed by atoms with Gasteiger partial charge < -0.3 is 5.32 Å². The van der Waals surface area contributed by atoms with Crippen LogP contribution in [0.5, 0.6) is 0 Å². The molecule has 1 aromatic carbocycles. The second-order valence-electron chi connectivity index (χ2n) is 4.31. The first kappa shape index (κ1) is 11.6. The molecule has 1 N–H and O–H groups in total. The normalized spacial score (nSPS) is 24.4. The van der Waals surface area contributed by atoms with Gasteiger partial charge in [-0.15, -0.1) is 0 Å². The largest absolute Gasteiger partial charge is 0.309 e. The Bertz CT molecular complexity index is 482. The lowest BCUT2D eigenvalue weighted by atomic mass is 10.1. The molecule has 1 aliphatic carbocycles. The molecular weight excluding hydrogens is 222 g/mol. The fourth-order valence-electron chi connectivity index (χ4n) is 2.42. The average molecular weight is 239 g/mol. The summed E-state index contributed by atoms with van der Waals surface area (Å²) in [4.78, 5) is 0. The monoisotopic (exact) mass is 239 g/mol. The van der Waals surface area contributed by atoms with E-state index >= 15 is 0 Å². The molecule has 88 valence electrons. The van der Waals surface area contributed by atoms with E-state index in [2.05, 4.69) is 5.32 Å². The Morgan fingerprint density at radius 2 is 2.06 bits per heavy atom. The first-order valence-corrected chi connectivity index (χ1v) is 7.49. The van der Waals surface area contributed by atoms with Gasteiger partial charge >= 0.3 is 0 Å². The van der Waals surface area contributed by atoms with Crippen molar-refractivity contribution in [3.05, 3.63) is 35.4 Å². The second kappa shape index (κ2) is 4.18. The predicted molar refractivity (Wildman–Crippen MR) is 65.2 cm³/mol. The van der Waals surface area contributed by atoms with Crippen molar-refractivity contribution in [3.63, 3.8) is 0 Å². The zero-order valence-corrected chi connectivity index (χ0v) is 10.4. The molecule has 1 aromatic rings. The van der Waals surface area contributed by atoms with Crippen LogP contribution in [0.25, 0.3) is 0 Å². The van der Waals surface area contributed by atoms with Crippen LogP contribution in [0.2, 0.25) is 0 Å². The Labute approximate surface area is 96.8 Å². The lowest BCUT2D eigenvalue weighted by Crippen LogP contribution is -2.34. The summed E-state index contributed by atoms with van der Waals surface area (Å²) in [7, 11) is -3.00. The van der Waals surface area contributed by atoms with Gasteiger partial charge in [0.1, 0.15) is 0 Å². The number of hydrogen-bond donors (Lipinski definition) is 1. The van der Waals surface area contributed by atoms with Crippen LogP contribution in [0.15, 0.2) is 24.3 Å². The van der Waals surface area contributed by atoms with Crippen molar-refractivity contribution >= 4 is 9.84 Å². The Hall–Kier alpha value is -0.870. The molecule has 0 saturated heterocycles. The fraction of sp³-hybridized carbons (Fsp3) is 0.500. The van der Waals surface area contributed by atoms with E-state index in [0.717, 1.165) is 17.7 Å². The van der Waals surface area contributed by atoms with Crippen molar-refractivity contribution in [2.24, 2.45) is 0 Å². The smallest absolute Gasteiger partial charge is 0.152 e. The van der Waals surface area contributed by atoms with Crippen molar-refractivity contribution in [2.45, 2.75) is 24.6 Å². The molecule has 0 amide bonds. The molecule has 0 bridgehead atoms. The lowest BCUT2D eigenvalue weighted by molar-refractivity contribution is 0.520. The molecule has 2 unspecified atom stereocenters. The van der Waals surface area contributed by atoms with Crippen LogP contribution in [0.4, 0.5) is 0 Å². The van der Waals surface area contributed by atoms with Crippen molar-refractivity contribution in [2.75, 3.05) is 12.8 Å². The number of sulfone groups is 1. The highest BCUT2D eigenvalue weighted by Crippen LogP contribution is 2.34. The maximum absolute atomic E-state index is 11.7. The molecule has 0 heterocycles. The van der Waals surface area contributed by atoms with Gasteiger partial charge in [-0.1, -0.05) is 31.2 Å². The van der Waals surface area contributed by atoms with Crippen molar-refractivity contribution in [1.29, 1.82) is 0 Å². The van der Waals surface area contributed by atoms with Crippen LogP contribution >= 0.6 is 0 Å². The van der Waals surface area contributed by atoms with Crippen LogP contribution in [-0.2, 0) is 16.3 Å². The van der Waals surface area contributed by atoms with Crippen LogP contribution in [0.1, 0.15) is 24.1 Å². The SMILES string of the molecule is CCNC1c2ccccc2CC1S(C)(=O)=O. The number of nitrogens with one attached hydrogen (secondary N) is 1. The average Bonchev–Trinajstić information content (AvgIpc) is 2.58. The van der Waals surface area contributed by atoms with Gasteiger partial charge in [-0.3, -0.25) is 0 Å². The fourth-order valence-corrected chi connectivity index (χ4v) is 3.64. The minimum absolute atomic E-state index is 0.0452. The van der Waals surface area contributed by atoms with E-state index in [1.165, 1.54) is 6.26 Å². The first-order valence-electron chi connectivity index (χ1n) is 5.54. The molecule has 16 heavy (non-hydrogen) atoms. The van der Waals surface area contributed by atoms with Crippen LogP contribution < -0.4 is 5.32 Å². The first-order chi connectivity index (χ1) is 7.54. The highest BCUT2D eigenvalue weighted by Gasteiger charge is 2.37. The van der Waals surface area contributed by atoms with Crippen molar-refractivity contribution in [1.82, 2.24) is 5.32 Å². The Morgan fingerprint density at radius 3 is 2.69 bits per heavy atom. The molecular formula is C12H17NO2S. The number of hydrogen-bond acceptors (Lipinski definition) is 3. The number of rotatable bonds is 3. The highest BCUT2D eigenvalue weighted by molar-refractivity contribution is 7.91. The molecule has 0 aliphatic heterocycles. The third kappa shape index (κ3) is 1.99. The standard InChI is InChI=1S/C12H17NO2S/c1-3-13-12-10-7-5-4-6-9(10)8-11(12)16(2,14)15/h4-7,11-13H,3,8H2,1-2H3. The Morgan fingerprint density at radius 1 is 1.38 bits per heavy atom. The molecule has 0 spiro atoms. The van der Waals surface area contributed by atoms with Crippen LogP contribution in [0.3, 0.4) is 0 Å². The molecule has 0 aromatic heterocycles. The van der Waals surface area contributed by atoms with Crippen molar-refractivity contribution < 1.29 is 8.42 Å². The predicted octanol–water partition coefficient (Wildman–Crippen LogP) is 1.31. The van der Waals surface area contributed by atoms with E-state index < -0.39 is 9.84 Å². The molecule has 0 radical (unpaired) electrons. The maximum Gasteiger partial charge on any atom is 0.152 e. The lowest BCUT2D eigenvalue weighted by Gasteiger charge is -2.19. The van der Waals surface area contributed by atoms with E-state index in [-0.39, 0.29) is 11.3 Å².